The van der Waals surface area contributed by atoms with Gasteiger partial charge in [0, 0.05) is 10.5 Å². The molecule has 0 aliphatic heterocycles. The van der Waals surface area contributed by atoms with Crippen molar-refractivity contribution < 1.29 is 42.9 Å². The molecule has 1 radical (unpaired) electrons. The number of fused-ring (bicyclic) bond motifs is 2. The summed E-state index contributed by atoms with van der Waals surface area (Å²) in [6.45, 7) is 5.39. The van der Waals surface area contributed by atoms with Gasteiger partial charge in [0.15, 0.2) is 6.04 Å². The zero-order chi connectivity index (χ0) is 35.0. The Morgan fingerprint density at radius 3 is 1.59 bits per heavy atom. The van der Waals surface area contributed by atoms with Crippen molar-refractivity contribution in [1.82, 2.24) is 0 Å². The molecule has 0 aliphatic carbocycles. The van der Waals surface area contributed by atoms with Crippen LogP contribution in [-0.2, 0) is 23.4 Å². The van der Waals surface area contributed by atoms with Gasteiger partial charge in [0.2, 0.25) is 0 Å². The van der Waals surface area contributed by atoms with E-state index in [1.54, 1.807) is 26.8 Å². The predicted octanol–water partition coefficient (Wildman–Crippen LogP) is 10.5. The van der Waals surface area contributed by atoms with Gasteiger partial charge in [0.25, 0.3) is 0 Å². The van der Waals surface area contributed by atoms with Gasteiger partial charge in [-0.25, -0.2) is 4.79 Å². The van der Waals surface area contributed by atoms with E-state index in [0.29, 0.717) is 21.9 Å². The molecule has 0 aromatic heterocycles. The van der Waals surface area contributed by atoms with Crippen molar-refractivity contribution in [2.75, 3.05) is 0 Å². The first-order chi connectivity index (χ1) is 24.1. The molecule has 5 nitrogen and oxygen atoms in total. The maximum Gasteiger partial charge on any atom is 2.00 e. The Hall–Kier alpha value is -5.62. The van der Waals surface area contributed by atoms with Crippen LogP contribution in [0.15, 0.2) is 145 Å². The molecule has 0 saturated carbocycles. The number of carbonyl (C=O) groups is 1. The van der Waals surface area contributed by atoms with Crippen LogP contribution in [0.3, 0.4) is 0 Å². The van der Waals surface area contributed by atoms with Crippen molar-refractivity contribution in [3.8, 4) is 56.0 Å². The van der Waals surface area contributed by atoms with Crippen LogP contribution in [0, 0.1) is 5.41 Å². The summed E-state index contributed by atoms with van der Waals surface area (Å²) in [5.74, 6) is -1.72. The molecule has 0 amide bonds. The molecule has 51 heavy (non-hydrogen) atoms. The van der Waals surface area contributed by atoms with Gasteiger partial charge in [-0.2, -0.15) is 0 Å². The summed E-state index contributed by atoms with van der Waals surface area (Å²) in [5, 5.41) is 42.4. The maximum atomic E-state index is 15.0. The summed E-state index contributed by atoms with van der Waals surface area (Å²) >= 11 is 0. The van der Waals surface area contributed by atoms with Crippen molar-refractivity contribution >= 4 is 33.7 Å². The molecule has 0 saturated heterocycles. The van der Waals surface area contributed by atoms with E-state index in [9.17, 15) is 15.0 Å². The van der Waals surface area contributed by atoms with Gasteiger partial charge in [-0.1, -0.05) is 141 Å². The van der Waals surface area contributed by atoms with Crippen LogP contribution in [0.2, 0.25) is 0 Å². The molecule has 0 aliphatic rings. The molecule has 1 N–H and O–H groups in total. The minimum absolute atomic E-state index is 0. The first-order valence-corrected chi connectivity index (χ1v) is 16.6. The van der Waals surface area contributed by atoms with Crippen LogP contribution in [0.4, 0.5) is 0 Å². The number of carboxylic acids is 1. The molecule has 0 unspecified atom stereocenters. The second-order valence-corrected chi connectivity index (χ2v) is 13.7. The molecule has 0 fully saturated rings. The fourth-order valence-corrected chi connectivity index (χ4v) is 6.68. The number of hydrogen-bond donors (Lipinski definition) is 1. The third kappa shape index (κ3) is 6.91. The smallest absolute Gasteiger partial charge is 0.872 e. The minimum atomic E-state index is -1.07. The van der Waals surface area contributed by atoms with Gasteiger partial charge in [-0.15, -0.1) is 0 Å². The normalized spacial score (nSPS) is 12.2. The predicted molar refractivity (Wildman–Crippen MR) is 207 cm³/mol. The standard InChI is InChI=1S/C45H37NO4.V.3H2/c1-45(2,3)43(44(49)50)46-27-35-22-30-18-10-12-20-36(30)39(41(35)47)40-37-21-13-11-19-31(37)26-38(42(40)48)34-24-32(28-14-6-4-7-15-28)23-33(25-34)29-16-8-5-9-17-29;;;;/h4-27,43,47-48H,1-3H3,(H,49,50);;3*1H/q;+2;;;/p-2/t43-;;;;/m1..../s1. The van der Waals surface area contributed by atoms with Crippen molar-refractivity contribution in [2.45, 2.75) is 26.8 Å². The molecule has 0 bridgehead atoms. The number of aliphatic carboxylic acids is 1. The van der Waals surface area contributed by atoms with E-state index >= 15 is 5.11 Å². The van der Waals surface area contributed by atoms with Crippen molar-refractivity contribution in [3.05, 3.63) is 145 Å². The van der Waals surface area contributed by atoms with Crippen molar-refractivity contribution in [3.63, 3.8) is 0 Å². The molecular formula is C45H41NO4V. The third-order valence-electron chi connectivity index (χ3n) is 9.16. The largest absolute Gasteiger partial charge is 2.00 e. The summed E-state index contributed by atoms with van der Waals surface area (Å²) in [5.41, 5.74) is 5.34. The molecule has 0 heterocycles. The van der Waals surface area contributed by atoms with E-state index in [0.717, 1.165) is 38.6 Å². The SMILES string of the molecule is CC(C)(C)[C@H](N=Cc1cc2ccccc2c(-c2c([O-])c(-c3cc(-c4ccccc4)cc(-c4ccccc4)c3)cc3ccccc23)c1[O-])C(=O)O.[HH].[HH].[HH].[V+2]. The summed E-state index contributed by atoms with van der Waals surface area (Å²) in [7, 11) is 0. The fraction of sp³-hybridized carbons (Fsp3) is 0.111. The van der Waals surface area contributed by atoms with E-state index in [2.05, 4.69) is 35.3 Å². The van der Waals surface area contributed by atoms with Gasteiger partial charge in [0.05, 0.1) is 0 Å². The van der Waals surface area contributed by atoms with Crippen molar-refractivity contribution in [2.24, 2.45) is 10.4 Å². The van der Waals surface area contributed by atoms with E-state index in [1.165, 1.54) is 6.21 Å². The van der Waals surface area contributed by atoms with E-state index in [-0.39, 0.29) is 45.5 Å². The second-order valence-electron chi connectivity index (χ2n) is 13.7. The molecule has 0 spiro atoms. The Kier molecular flexibility index (Phi) is 9.89. The molecule has 255 valence electrons. The fourth-order valence-electron chi connectivity index (χ4n) is 6.68. The average molecular weight is 711 g/mol. The zero-order valence-electron chi connectivity index (χ0n) is 28.5. The quantitative estimate of drug-likeness (QED) is 0.167. The Labute approximate surface area is 313 Å². The summed E-state index contributed by atoms with van der Waals surface area (Å²) in [4.78, 5) is 16.5. The second kappa shape index (κ2) is 14.3. The van der Waals surface area contributed by atoms with Gasteiger partial charge >= 0.3 is 24.5 Å². The topological polar surface area (TPSA) is 95.8 Å². The van der Waals surface area contributed by atoms with E-state index in [4.69, 9.17) is 0 Å². The zero-order valence-corrected chi connectivity index (χ0v) is 29.9. The number of hydrogen-bond acceptors (Lipinski definition) is 4. The number of nitrogens with zero attached hydrogens (tertiary/aromatic N) is 1. The summed E-state index contributed by atoms with van der Waals surface area (Å²) < 4.78 is 0. The summed E-state index contributed by atoms with van der Waals surface area (Å²) in [6.07, 6.45) is 1.36. The monoisotopic (exact) mass is 710 g/mol. The number of rotatable bonds is 7. The van der Waals surface area contributed by atoms with Crippen LogP contribution in [0.1, 0.15) is 30.6 Å². The molecule has 6 heteroatoms. The van der Waals surface area contributed by atoms with Gasteiger partial charge in [0.1, 0.15) is 0 Å². The van der Waals surface area contributed by atoms with Gasteiger partial charge in [-0.05, 0) is 107 Å². The first kappa shape index (κ1) is 35.2. The van der Waals surface area contributed by atoms with Gasteiger partial charge in [-0.3, -0.25) is 4.99 Å². The van der Waals surface area contributed by atoms with Crippen LogP contribution in [0.25, 0.3) is 66.1 Å². The molecule has 7 aromatic carbocycles. The van der Waals surface area contributed by atoms with Crippen LogP contribution < -0.4 is 10.2 Å². The third-order valence-corrected chi connectivity index (χ3v) is 9.16. The molecular weight excluding hydrogens is 669 g/mol. The molecule has 1 atom stereocenters. The number of benzene rings is 7. The Balaban J connectivity index is 0.00000196. The van der Waals surface area contributed by atoms with E-state index < -0.39 is 17.4 Å². The van der Waals surface area contributed by atoms with Gasteiger partial charge < -0.3 is 15.3 Å². The average Bonchev–Trinajstić information content (AvgIpc) is 3.12. The molecule has 7 aromatic rings. The van der Waals surface area contributed by atoms with Crippen LogP contribution >= 0.6 is 0 Å². The number of carboxylic acid groups (broad SMARTS) is 1. The van der Waals surface area contributed by atoms with E-state index in [1.807, 2.05) is 103 Å². The molecule has 7 rings (SSSR count). The first-order valence-electron chi connectivity index (χ1n) is 16.6. The van der Waals surface area contributed by atoms with Crippen molar-refractivity contribution in [1.29, 1.82) is 0 Å². The summed E-state index contributed by atoms with van der Waals surface area (Å²) in [6, 6.07) is 44.0. The van der Waals surface area contributed by atoms with Crippen LogP contribution in [-0.4, -0.2) is 23.3 Å². The van der Waals surface area contributed by atoms with Crippen LogP contribution in [0.5, 0.6) is 11.5 Å². The Morgan fingerprint density at radius 1 is 0.627 bits per heavy atom. The maximum absolute atomic E-state index is 15.0. The Bertz CT molecular complexity index is 2370. The Morgan fingerprint density at radius 2 is 1.08 bits per heavy atom. The minimum Gasteiger partial charge on any atom is -0.872 e. The number of aliphatic imine (C=N–C) groups is 1.